The molecule has 0 aliphatic heterocycles. The first kappa shape index (κ1) is 18.8. The summed E-state index contributed by atoms with van der Waals surface area (Å²) >= 11 is 12.1. The number of hydrogen-bond acceptors (Lipinski definition) is 3. The maximum atomic E-state index is 11.5. The Balaban J connectivity index is 2.05. The number of hydrogen-bond donors (Lipinski definition) is 1. The Kier molecular flexibility index (Phi) is 5.66. The molecule has 0 radical (unpaired) electrons. The highest BCUT2D eigenvalue weighted by Crippen LogP contribution is 2.31. The molecule has 0 bridgehead atoms. The van der Waals surface area contributed by atoms with E-state index in [1.807, 2.05) is 36.4 Å². The fourth-order valence-electron chi connectivity index (χ4n) is 2.65. The number of fused-ring (bicyclic) bond motifs is 1. The molecule has 2 N–H and O–H groups in total. The number of nitriles is 1. The average Bonchev–Trinajstić information content (AvgIpc) is 2.65. The van der Waals surface area contributed by atoms with E-state index in [-0.39, 0.29) is 12.2 Å². The SMILES string of the molecule is N#C/C(=C\c1c(OCc2ccc(Cl)cc2Cl)ccc2ccccc12)C(N)=O. The maximum absolute atomic E-state index is 11.5. The number of ether oxygens (including phenoxy) is 1. The van der Waals surface area contributed by atoms with Crippen LogP contribution in [0.2, 0.25) is 10.0 Å². The van der Waals surface area contributed by atoms with E-state index in [1.165, 1.54) is 6.08 Å². The molecular formula is C21H14Cl2N2O2. The molecule has 0 saturated heterocycles. The number of carbonyl (C=O) groups is 1. The van der Waals surface area contributed by atoms with E-state index in [2.05, 4.69) is 0 Å². The molecule has 27 heavy (non-hydrogen) atoms. The van der Waals surface area contributed by atoms with Crippen LogP contribution in [0.15, 0.2) is 60.2 Å². The lowest BCUT2D eigenvalue weighted by molar-refractivity contribution is -0.114. The summed E-state index contributed by atoms with van der Waals surface area (Å²) in [6.45, 7) is 0.202. The Labute approximate surface area is 166 Å². The van der Waals surface area contributed by atoms with E-state index in [1.54, 1.807) is 24.3 Å². The number of carbonyl (C=O) groups excluding carboxylic acids is 1. The van der Waals surface area contributed by atoms with Crippen LogP contribution in [0.25, 0.3) is 16.8 Å². The fourth-order valence-corrected chi connectivity index (χ4v) is 3.11. The van der Waals surface area contributed by atoms with Gasteiger partial charge in [-0.3, -0.25) is 4.79 Å². The minimum atomic E-state index is -0.794. The third kappa shape index (κ3) is 4.22. The van der Waals surface area contributed by atoms with Crippen LogP contribution >= 0.6 is 23.2 Å². The van der Waals surface area contributed by atoms with Crippen molar-refractivity contribution in [1.82, 2.24) is 0 Å². The quantitative estimate of drug-likeness (QED) is 0.480. The summed E-state index contributed by atoms with van der Waals surface area (Å²) in [7, 11) is 0. The molecule has 134 valence electrons. The van der Waals surface area contributed by atoms with Crippen LogP contribution in [0.1, 0.15) is 11.1 Å². The van der Waals surface area contributed by atoms with Gasteiger partial charge in [0.05, 0.1) is 0 Å². The Morgan fingerprint density at radius 2 is 1.93 bits per heavy atom. The smallest absolute Gasteiger partial charge is 0.259 e. The Bertz CT molecular complexity index is 1100. The highest BCUT2D eigenvalue weighted by molar-refractivity contribution is 6.35. The highest BCUT2D eigenvalue weighted by Gasteiger charge is 2.12. The zero-order valence-corrected chi connectivity index (χ0v) is 15.6. The zero-order chi connectivity index (χ0) is 19.4. The van der Waals surface area contributed by atoms with E-state index in [0.717, 1.165) is 16.3 Å². The van der Waals surface area contributed by atoms with Crippen LogP contribution in [0.5, 0.6) is 5.75 Å². The van der Waals surface area contributed by atoms with Crippen LogP contribution in [0.3, 0.4) is 0 Å². The van der Waals surface area contributed by atoms with Crippen LogP contribution in [0, 0.1) is 11.3 Å². The summed E-state index contributed by atoms with van der Waals surface area (Å²) in [4.78, 5) is 11.5. The molecule has 3 rings (SSSR count). The number of rotatable bonds is 5. The van der Waals surface area contributed by atoms with E-state index in [9.17, 15) is 10.1 Å². The third-order valence-electron chi connectivity index (χ3n) is 4.00. The molecule has 0 aliphatic carbocycles. The third-order valence-corrected chi connectivity index (χ3v) is 4.59. The lowest BCUT2D eigenvalue weighted by atomic mass is 10.0. The molecule has 0 heterocycles. The van der Waals surface area contributed by atoms with Gasteiger partial charge >= 0.3 is 0 Å². The largest absolute Gasteiger partial charge is 0.488 e. The molecule has 0 fully saturated rings. The molecule has 1 amide bonds. The predicted molar refractivity (Wildman–Crippen MR) is 108 cm³/mol. The molecular weight excluding hydrogens is 383 g/mol. The van der Waals surface area contributed by atoms with Gasteiger partial charge in [-0.15, -0.1) is 0 Å². The number of amides is 1. The first-order valence-corrected chi connectivity index (χ1v) is 8.75. The molecule has 3 aromatic rings. The second kappa shape index (κ2) is 8.13. The Morgan fingerprint density at radius 3 is 2.63 bits per heavy atom. The number of nitrogens with two attached hydrogens (primary N) is 1. The molecule has 0 saturated carbocycles. The van der Waals surface area contributed by atoms with Crippen molar-refractivity contribution in [3.8, 4) is 11.8 Å². The van der Waals surface area contributed by atoms with Gasteiger partial charge in [0.15, 0.2) is 0 Å². The number of nitrogens with zero attached hydrogens (tertiary/aromatic N) is 1. The van der Waals surface area contributed by atoms with Gasteiger partial charge in [-0.1, -0.05) is 59.6 Å². The van der Waals surface area contributed by atoms with Gasteiger partial charge < -0.3 is 10.5 Å². The summed E-state index contributed by atoms with van der Waals surface area (Å²) in [6.07, 6.45) is 1.45. The minimum absolute atomic E-state index is 0.152. The molecule has 4 nitrogen and oxygen atoms in total. The Morgan fingerprint density at radius 1 is 1.15 bits per heavy atom. The summed E-state index contributed by atoms with van der Waals surface area (Å²) in [5.74, 6) is -0.286. The molecule has 6 heteroatoms. The van der Waals surface area contributed by atoms with Gasteiger partial charge in [0.25, 0.3) is 5.91 Å². The monoisotopic (exact) mass is 396 g/mol. The first-order valence-electron chi connectivity index (χ1n) is 7.99. The second-order valence-corrected chi connectivity index (χ2v) is 6.60. The van der Waals surface area contributed by atoms with Crippen LogP contribution < -0.4 is 10.5 Å². The van der Waals surface area contributed by atoms with Crippen molar-refractivity contribution in [2.75, 3.05) is 0 Å². The second-order valence-electron chi connectivity index (χ2n) is 5.76. The van der Waals surface area contributed by atoms with E-state index >= 15 is 0 Å². The predicted octanol–water partition coefficient (Wildman–Crippen LogP) is 5.12. The first-order chi connectivity index (χ1) is 13.0. The highest BCUT2D eigenvalue weighted by atomic mass is 35.5. The van der Waals surface area contributed by atoms with Gasteiger partial charge in [-0.05, 0) is 35.0 Å². The van der Waals surface area contributed by atoms with Crippen molar-refractivity contribution in [2.45, 2.75) is 6.61 Å². The lowest BCUT2D eigenvalue weighted by Gasteiger charge is -2.13. The van der Waals surface area contributed by atoms with Crippen molar-refractivity contribution in [3.05, 3.63) is 81.3 Å². The number of halogens is 2. The van der Waals surface area contributed by atoms with Crippen LogP contribution in [0.4, 0.5) is 0 Å². The van der Waals surface area contributed by atoms with Crippen LogP contribution in [-0.4, -0.2) is 5.91 Å². The molecule has 0 atom stereocenters. The summed E-state index contributed by atoms with van der Waals surface area (Å²) in [5.41, 5.74) is 6.50. The molecule has 0 unspecified atom stereocenters. The molecule has 0 aromatic heterocycles. The lowest BCUT2D eigenvalue weighted by Crippen LogP contribution is -2.12. The van der Waals surface area contributed by atoms with Crippen molar-refractivity contribution < 1.29 is 9.53 Å². The van der Waals surface area contributed by atoms with Gasteiger partial charge in [-0.2, -0.15) is 5.26 Å². The summed E-state index contributed by atoms with van der Waals surface area (Å²) in [5, 5.41) is 12.0. The van der Waals surface area contributed by atoms with Crippen molar-refractivity contribution >= 4 is 46.0 Å². The Hall–Kier alpha value is -3.00. The maximum Gasteiger partial charge on any atom is 0.259 e. The average molecular weight is 397 g/mol. The van der Waals surface area contributed by atoms with Crippen molar-refractivity contribution in [2.24, 2.45) is 5.73 Å². The van der Waals surface area contributed by atoms with E-state index in [4.69, 9.17) is 33.7 Å². The van der Waals surface area contributed by atoms with E-state index in [0.29, 0.717) is 21.4 Å². The van der Waals surface area contributed by atoms with Gasteiger partial charge in [0.2, 0.25) is 0 Å². The normalized spacial score (nSPS) is 11.2. The van der Waals surface area contributed by atoms with Gasteiger partial charge in [0, 0.05) is 21.2 Å². The number of primary amides is 1. The molecule has 3 aromatic carbocycles. The standard InChI is InChI=1S/C21H14Cl2N2O2/c22-16-7-5-14(19(23)10-16)12-27-20-8-6-13-3-1-2-4-17(13)18(20)9-15(11-24)21(25)26/h1-10H,12H2,(H2,25,26)/b15-9+. The summed E-state index contributed by atoms with van der Waals surface area (Å²) < 4.78 is 5.94. The van der Waals surface area contributed by atoms with Gasteiger partial charge in [0.1, 0.15) is 24.0 Å². The topological polar surface area (TPSA) is 76.1 Å². The molecule has 0 aliphatic rings. The van der Waals surface area contributed by atoms with Crippen molar-refractivity contribution in [3.63, 3.8) is 0 Å². The van der Waals surface area contributed by atoms with Gasteiger partial charge in [-0.25, -0.2) is 0 Å². The summed E-state index contributed by atoms with van der Waals surface area (Å²) in [6, 6.07) is 18.3. The van der Waals surface area contributed by atoms with Crippen LogP contribution in [-0.2, 0) is 11.4 Å². The van der Waals surface area contributed by atoms with E-state index < -0.39 is 5.91 Å². The number of benzene rings is 3. The zero-order valence-electron chi connectivity index (χ0n) is 14.1. The fraction of sp³-hybridized carbons (Fsp3) is 0.0476. The molecule has 0 spiro atoms. The minimum Gasteiger partial charge on any atom is -0.488 e. The van der Waals surface area contributed by atoms with Crippen molar-refractivity contribution in [1.29, 1.82) is 5.26 Å².